The van der Waals surface area contributed by atoms with Crippen molar-refractivity contribution in [3.8, 4) is 5.75 Å². The number of nitrogens with one attached hydrogen (secondary N) is 1. The van der Waals surface area contributed by atoms with Crippen molar-refractivity contribution in [1.29, 1.82) is 0 Å². The molecular weight excluding hydrogens is 228 g/mol. The Bertz CT molecular complexity index is 389. The SMILES string of the molecule is CC(C)CNC(=O)COc1cccc([C@@H](C)N)c1. The van der Waals surface area contributed by atoms with Gasteiger partial charge in [0.15, 0.2) is 6.61 Å². The molecule has 4 heteroatoms. The van der Waals surface area contributed by atoms with Crippen LogP contribution in [0.4, 0.5) is 0 Å². The van der Waals surface area contributed by atoms with Crippen LogP contribution < -0.4 is 15.8 Å². The zero-order valence-electron chi connectivity index (χ0n) is 11.3. The minimum absolute atomic E-state index is 0.0368. The van der Waals surface area contributed by atoms with Crippen molar-refractivity contribution in [1.82, 2.24) is 5.32 Å². The first-order valence-corrected chi connectivity index (χ1v) is 6.24. The van der Waals surface area contributed by atoms with E-state index in [-0.39, 0.29) is 18.6 Å². The maximum atomic E-state index is 11.5. The fourth-order valence-electron chi connectivity index (χ4n) is 1.41. The fraction of sp³-hybridized carbons (Fsp3) is 0.500. The van der Waals surface area contributed by atoms with Gasteiger partial charge < -0.3 is 15.8 Å². The smallest absolute Gasteiger partial charge is 0.257 e. The van der Waals surface area contributed by atoms with Crippen LogP contribution in [0.25, 0.3) is 0 Å². The van der Waals surface area contributed by atoms with Gasteiger partial charge in [0, 0.05) is 12.6 Å². The standard InChI is InChI=1S/C14H22N2O2/c1-10(2)8-16-14(17)9-18-13-6-4-5-12(7-13)11(3)15/h4-7,10-11H,8-9,15H2,1-3H3,(H,16,17)/t11-/m1/s1. The second-order valence-electron chi connectivity index (χ2n) is 4.85. The molecule has 1 atom stereocenters. The predicted octanol–water partition coefficient (Wildman–Crippen LogP) is 1.86. The maximum Gasteiger partial charge on any atom is 0.257 e. The summed E-state index contributed by atoms with van der Waals surface area (Å²) in [5.41, 5.74) is 6.78. The maximum absolute atomic E-state index is 11.5. The van der Waals surface area contributed by atoms with Crippen LogP contribution in [0, 0.1) is 5.92 Å². The van der Waals surface area contributed by atoms with Gasteiger partial charge in [0.25, 0.3) is 5.91 Å². The first kappa shape index (κ1) is 14.5. The van der Waals surface area contributed by atoms with Gasteiger partial charge in [-0.3, -0.25) is 4.79 Å². The molecule has 0 saturated heterocycles. The quantitative estimate of drug-likeness (QED) is 0.810. The summed E-state index contributed by atoms with van der Waals surface area (Å²) in [7, 11) is 0. The number of carbonyl (C=O) groups is 1. The zero-order chi connectivity index (χ0) is 13.5. The molecule has 3 N–H and O–H groups in total. The van der Waals surface area contributed by atoms with Gasteiger partial charge in [-0.2, -0.15) is 0 Å². The molecule has 0 aromatic heterocycles. The second kappa shape index (κ2) is 7.01. The highest BCUT2D eigenvalue weighted by Gasteiger charge is 2.05. The Balaban J connectivity index is 2.43. The van der Waals surface area contributed by atoms with Gasteiger partial charge >= 0.3 is 0 Å². The van der Waals surface area contributed by atoms with Crippen LogP contribution >= 0.6 is 0 Å². The average molecular weight is 250 g/mol. The lowest BCUT2D eigenvalue weighted by molar-refractivity contribution is -0.123. The number of benzene rings is 1. The van der Waals surface area contributed by atoms with Crippen LogP contribution in [-0.2, 0) is 4.79 Å². The molecular formula is C14H22N2O2. The number of rotatable bonds is 6. The van der Waals surface area contributed by atoms with E-state index in [0.717, 1.165) is 5.56 Å². The average Bonchev–Trinajstić information content (AvgIpc) is 2.34. The van der Waals surface area contributed by atoms with Crippen molar-refractivity contribution < 1.29 is 9.53 Å². The van der Waals surface area contributed by atoms with Crippen LogP contribution in [0.2, 0.25) is 0 Å². The molecule has 0 radical (unpaired) electrons. The third-order valence-electron chi connectivity index (χ3n) is 2.46. The van der Waals surface area contributed by atoms with E-state index in [1.165, 1.54) is 0 Å². The Kier molecular flexibility index (Phi) is 5.65. The van der Waals surface area contributed by atoms with E-state index in [1.54, 1.807) is 0 Å². The molecule has 1 amide bonds. The summed E-state index contributed by atoms with van der Waals surface area (Å²) in [6.45, 7) is 6.71. The largest absolute Gasteiger partial charge is 0.484 e. The molecule has 0 aliphatic rings. The number of amides is 1. The highest BCUT2D eigenvalue weighted by molar-refractivity contribution is 5.77. The summed E-state index contributed by atoms with van der Waals surface area (Å²) in [6.07, 6.45) is 0. The van der Waals surface area contributed by atoms with Gasteiger partial charge in [-0.25, -0.2) is 0 Å². The summed E-state index contributed by atoms with van der Waals surface area (Å²) in [6, 6.07) is 7.46. The van der Waals surface area contributed by atoms with Crippen LogP contribution in [0.15, 0.2) is 24.3 Å². The summed E-state index contributed by atoms with van der Waals surface area (Å²) in [5, 5.41) is 2.80. The van der Waals surface area contributed by atoms with E-state index in [2.05, 4.69) is 5.32 Å². The summed E-state index contributed by atoms with van der Waals surface area (Å²) < 4.78 is 5.42. The fourth-order valence-corrected chi connectivity index (χ4v) is 1.41. The molecule has 18 heavy (non-hydrogen) atoms. The van der Waals surface area contributed by atoms with E-state index in [0.29, 0.717) is 18.2 Å². The Morgan fingerprint density at radius 1 is 1.39 bits per heavy atom. The normalized spacial score (nSPS) is 12.3. The molecule has 1 aromatic carbocycles. The summed E-state index contributed by atoms with van der Waals surface area (Å²) in [5.74, 6) is 1.01. The number of carbonyl (C=O) groups excluding carboxylic acids is 1. The first-order valence-electron chi connectivity index (χ1n) is 6.24. The molecule has 1 rings (SSSR count). The van der Waals surface area contributed by atoms with Gasteiger partial charge in [-0.1, -0.05) is 26.0 Å². The van der Waals surface area contributed by atoms with Crippen molar-refractivity contribution in [3.63, 3.8) is 0 Å². The third-order valence-corrected chi connectivity index (χ3v) is 2.46. The summed E-state index contributed by atoms with van der Waals surface area (Å²) >= 11 is 0. The van der Waals surface area contributed by atoms with Crippen molar-refractivity contribution in [2.45, 2.75) is 26.8 Å². The minimum Gasteiger partial charge on any atom is -0.484 e. The zero-order valence-corrected chi connectivity index (χ0v) is 11.3. The van der Waals surface area contributed by atoms with E-state index in [1.807, 2.05) is 45.0 Å². The lowest BCUT2D eigenvalue weighted by Crippen LogP contribution is -2.31. The number of hydrogen-bond acceptors (Lipinski definition) is 3. The van der Waals surface area contributed by atoms with E-state index >= 15 is 0 Å². The van der Waals surface area contributed by atoms with Gasteiger partial charge in [-0.05, 0) is 30.5 Å². The third kappa shape index (κ3) is 5.19. The molecule has 4 nitrogen and oxygen atoms in total. The number of ether oxygens (including phenoxy) is 1. The van der Waals surface area contributed by atoms with E-state index < -0.39 is 0 Å². The minimum atomic E-state index is -0.102. The Morgan fingerprint density at radius 3 is 2.72 bits per heavy atom. The van der Waals surface area contributed by atoms with Crippen LogP contribution in [0.5, 0.6) is 5.75 Å². The summed E-state index contributed by atoms with van der Waals surface area (Å²) in [4.78, 5) is 11.5. The molecule has 100 valence electrons. The molecule has 0 aliphatic carbocycles. The Morgan fingerprint density at radius 2 is 2.11 bits per heavy atom. The van der Waals surface area contributed by atoms with Crippen molar-refractivity contribution >= 4 is 5.91 Å². The molecule has 0 spiro atoms. The highest BCUT2D eigenvalue weighted by Crippen LogP contribution is 2.17. The first-order chi connectivity index (χ1) is 8.49. The van der Waals surface area contributed by atoms with Crippen LogP contribution in [0.1, 0.15) is 32.4 Å². The molecule has 0 unspecified atom stereocenters. The molecule has 0 heterocycles. The molecule has 1 aromatic rings. The second-order valence-corrected chi connectivity index (χ2v) is 4.85. The number of hydrogen-bond donors (Lipinski definition) is 2. The van der Waals surface area contributed by atoms with E-state index in [9.17, 15) is 4.79 Å². The van der Waals surface area contributed by atoms with Crippen molar-refractivity contribution in [2.24, 2.45) is 11.7 Å². The van der Waals surface area contributed by atoms with Crippen LogP contribution in [0.3, 0.4) is 0 Å². The lowest BCUT2D eigenvalue weighted by Gasteiger charge is -2.11. The number of nitrogens with two attached hydrogens (primary N) is 1. The highest BCUT2D eigenvalue weighted by atomic mass is 16.5. The Labute approximate surface area is 109 Å². The van der Waals surface area contributed by atoms with Crippen LogP contribution in [-0.4, -0.2) is 19.1 Å². The van der Waals surface area contributed by atoms with Gasteiger partial charge in [-0.15, -0.1) is 0 Å². The molecule has 0 aliphatic heterocycles. The Hall–Kier alpha value is -1.55. The van der Waals surface area contributed by atoms with Gasteiger partial charge in [0.05, 0.1) is 0 Å². The molecule has 0 bridgehead atoms. The van der Waals surface area contributed by atoms with E-state index in [4.69, 9.17) is 10.5 Å². The predicted molar refractivity (Wildman–Crippen MR) is 72.4 cm³/mol. The van der Waals surface area contributed by atoms with Crippen molar-refractivity contribution in [3.05, 3.63) is 29.8 Å². The van der Waals surface area contributed by atoms with Gasteiger partial charge in [0.1, 0.15) is 5.75 Å². The molecule has 0 saturated carbocycles. The van der Waals surface area contributed by atoms with Crippen molar-refractivity contribution in [2.75, 3.05) is 13.2 Å². The topological polar surface area (TPSA) is 64.3 Å². The molecule has 0 fully saturated rings. The van der Waals surface area contributed by atoms with Gasteiger partial charge in [0.2, 0.25) is 0 Å². The lowest BCUT2D eigenvalue weighted by atomic mass is 10.1. The monoisotopic (exact) mass is 250 g/mol.